The zero-order chi connectivity index (χ0) is 22.6. The third-order valence-electron chi connectivity index (χ3n) is 5.33. The Morgan fingerprint density at radius 3 is 1.73 bits per heavy atom. The number of fused-ring (bicyclic) bond motifs is 1. The van der Waals surface area contributed by atoms with Gasteiger partial charge >= 0.3 is 6.03 Å². The second kappa shape index (κ2) is 8.93. The molecule has 2 amide bonds. The van der Waals surface area contributed by atoms with Gasteiger partial charge in [0.15, 0.2) is 0 Å². The number of carbonyl (C=O) groups is 1. The van der Waals surface area contributed by atoms with Crippen LogP contribution in [0.2, 0.25) is 0 Å². The van der Waals surface area contributed by atoms with E-state index in [9.17, 15) is 4.79 Å². The Morgan fingerprint density at radius 2 is 1.12 bits per heavy atom. The number of anilines is 2. The Bertz CT molecular complexity index is 1420. The summed E-state index contributed by atoms with van der Waals surface area (Å²) >= 11 is 0. The number of nitrogens with zero attached hydrogens (tertiary/aromatic N) is 2. The van der Waals surface area contributed by atoms with Crippen molar-refractivity contribution in [3.05, 3.63) is 109 Å². The molecule has 4 aromatic carbocycles. The Labute approximate surface area is 192 Å². The van der Waals surface area contributed by atoms with E-state index in [2.05, 4.69) is 10.6 Å². The van der Waals surface area contributed by atoms with Crippen molar-refractivity contribution in [1.82, 2.24) is 9.97 Å². The SMILES string of the molecule is Cc1ccc(NC(=O)Nc2ccc3nc(-c4ccccc4)c(-c4ccccc4)nc3c2)cc1. The summed E-state index contributed by atoms with van der Waals surface area (Å²) in [4.78, 5) is 22.3. The fraction of sp³-hybridized carbons (Fsp3) is 0.0357. The van der Waals surface area contributed by atoms with Crippen LogP contribution in [-0.2, 0) is 0 Å². The van der Waals surface area contributed by atoms with E-state index < -0.39 is 0 Å². The van der Waals surface area contributed by atoms with E-state index in [1.165, 1.54) is 0 Å². The van der Waals surface area contributed by atoms with Gasteiger partial charge in [0.25, 0.3) is 0 Å². The van der Waals surface area contributed by atoms with Crippen molar-refractivity contribution in [3.8, 4) is 22.5 Å². The topological polar surface area (TPSA) is 66.9 Å². The van der Waals surface area contributed by atoms with Crippen molar-refractivity contribution in [2.75, 3.05) is 10.6 Å². The van der Waals surface area contributed by atoms with Gasteiger partial charge in [-0.25, -0.2) is 14.8 Å². The summed E-state index contributed by atoms with van der Waals surface area (Å²) in [6.07, 6.45) is 0. The Balaban J connectivity index is 1.50. The fourth-order valence-electron chi connectivity index (χ4n) is 3.66. The van der Waals surface area contributed by atoms with E-state index in [0.29, 0.717) is 11.2 Å². The number of aromatic nitrogens is 2. The van der Waals surface area contributed by atoms with Gasteiger partial charge in [0.1, 0.15) is 0 Å². The van der Waals surface area contributed by atoms with Crippen LogP contribution in [0.25, 0.3) is 33.5 Å². The highest BCUT2D eigenvalue weighted by molar-refractivity contribution is 6.01. The molecule has 5 rings (SSSR count). The highest BCUT2D eigenvalue weighted by Gasteiger charge is 2.14. The van der Waals surface area contributed by atoms with E-state index in [-0.39, 0.29) is 6.03 Å². The van der Waals surface area contributed by atoms with Crippen LogP contribution in [0.3, 0.4) is 0 Å². The maximum absolute atomic E-state index is 12.5. The van der Waals surface area contributed by atoms with E-state index in [0.717, 1.165) is 39.3 Å². The van der Waals surface area contributed by atoms with Crippen LogP contribution in [0, 0.1) is 6.92 Å². The molecule has 5 aromatic rings. The molecule has 160 valence electrons. The summed E-state index contributed by atoms with van der Waals surface area (Å²) in [7, 11) is 0. The molecule has 0 fully saturated rings. The van der Waals surface area contributed by atoms with Crippen molar-refractivity contribution in [2.45, 2.75) is 6.92 Å². The lowest BCUT2D eigenvalue weighted by atomic mass is 10.0. The average Bonchev–Trinajstić information content (AvgIpc) is 2.85. The monoisotopic (exact) mass is 430 g/mol. The lowest BCUT2D eigenvalue weighted by molar-refractivity contribution is 0.262. The molecule has 0 bridgehead atoms. The summed E-state index contributed by atoms with van der Waals surface area (Å²) in [6.45, 7) is 2.01. The van der Waals surface area contributed by atoms with E-state index in [4.69, 9.17) is 9.97 Å². The molecular weight excluding hydrogens is 408 g/mol. The van der Waals surface area contributed by atoms with Crippen LogP contribution in [0.5, 0.6) is 0 Å². The predicted molar refractivity (Wildman–Crippen MR) is 134 cm³/mol. The second-order valence-corrected chi connectivity index (χ2v) is 7.80. The number of nitrogens with one attached hydrogen (secondary N) is 2. The van der Waals surface area contributed by atoms with Gasteiger partial charge in [-0.05, 0) is 37.3 Å². The first kappa shape index (κ1) is 20.4. The number of benzene rings is 4. The molecule has 0 aliphatic carbocycles. The lowest BCUT2D eigenvalue weighted by Gasteiger charge is -2.12. The van der Waals surface area contributed by atoms with Gasteiger partial charge in [0.2, 0.25) is 0 Å². The standard InChI is InChI=1S/C28H22N4O/c1-19-12-14-22(15-13-19)29-28(33)30-23-16-17-24-25(18-23)32-27(21-10-6-3-7-11-21)26(31-24)20-8-4-2-5-9-20/h2-18H,1H3,(H2,29,30,33). The van der Waals surface area contributed by atoms with Crippen LogP contribution in [0.1, 0.15) is 5.56 Å². The Morgan fingerprint density at radius 1 is 0.606 bits per heavy atom. The smallest absolute Gasteiger partial charge is 0.308 e. The van der Waals surface area contributed by atoms with Crippen molar-refractivity contribution < 1.29 is 4.79 Å². The maximum atomic E-state index is 12.5. The van der Waals surface area contributed by atoms with Crippen molar-refractivity contribution in [3.63, 3.8) is 0 Å². The quantitative estimate of drug-likeness (QED) is 0.325. The molecule has 5 nitrogen and oxygen atoms in total. The molecule has 33 heavy (non-hydrogen) atoms. The molecule has 0 atom stereocenters. The first-order valence-electron chi connectivity index (χ1n) is 10.7. The molecule has 1 heterocycles. The minimum absolute atomic E-state index is 0.310. The van der Waals surface area contributed by atoms with Crippen LogP contribution in [-0.4, -0.2) is 16.0 Å². The zero-order valence-corrected chi connectivity index (χ0v) is 18.1. The number of amides is 2. The minimum atomic E-state index is -0.310. The summed E-state index contributed by atoms with van der Waals surface area (Å²) in [5.41, 5.74) is 7.61. The number of hydrogen-bond donors (Lipinski definition) is 2. The molecule has 0 unspecified atom stereocenters. The zero-order valence-electron chi connectivity index (χ0n) is 18.1. The first-order chi connectivity index (χ1) is 16.2. The van der Waals surface area contributed by atoms with Crippen LogP contribution in [0.4, 0.5) is 16.2 Å². The van der Waals surface area contributed by atoms with Gasteiger partial charge in [-0.15, -0.1) is 0 Å². The van der Waals surface area contributed by atoms with E-state index >= 15 is 0 Å². The summed E-state index contributed by atoms with van der Waals surface area (Å²) in [5, 5.41) is 5.73. The normalized spacial score (nSPS) is 10.7. The molecule has 1 aromatic heterocycles. The first-order valence-corrected chi connectivity index (χ1v) is 10.7. The summed E-state index contributed by atoms with van der Waals surface area (Å²) in [6, 6.07) is 33.0. The largest absolute Gasteiger partial charge is 0.323 e. The van der Waals surface area contributed by atoms with Gasteiger partial charge in [-0.2, -0.15) is 0 Å². The van der Waals surface area contributed by atoms with Crippen LogP contribution < -0.4 is 10.6 Å². The molecule has 0 saturated heterocycles. The fourth-order valence-corrected chi connectivity index (χ4v) is 3.66. The molecule has 2 N–H and O–H groups in total. The number of urea groups is 1. The maximum Gasteiger partial charge on any atom is 0.323 e. The highest BCUT2D eigenvalue weighted by Crippen LogP contribution is 2.31. The Hall–Kier alpha value is -4.51. The van der Waals surface area contributed by atoms with Gasteiger partial charge in [-0.3, -0.25) is 0 Å². The van der Waals surface area contributed by atoms with Crippen LogP contribution >= 0.6 is 0 Å². The molecular formula is C28H22N4O. The van der Waals surface area contributed by atoms with Gasteiger partial charge < -0.3 is 10.6 Å². The second-order valence-electron chi connectivity index (χ2n) is 7.80. The van der Waals surface area contributed by atoms with Crippen molar-refractivity contribution >= 4 is 28.4 Å². The predicted octanol–water partition coefficient (Wildman–Crippen LogP) is 6.92. The van der Waals surface area contributed by atoms with E-state index in [1.807, 2.05) is 110 Å². The van der Waals surface area contributed by atoms with Gasteiger partial charge in [0.05, 0.1) is 22.4 Å². The molecule has 0 aliphatic rings. The van der Waals surface area contributed by atoms with Crippen LogP contribution in [0.15, 0.2) is 103 Å². The van der Waals surface area contributed by atoms with Crippen molar-refractivity contribution in [2.24, 2.45) is 0 Å². The van der Waals surface area contributed by atoms with Crippen molar-refractivity contribution in [1.29, 1.82) is 0 Å². The average molecular weight is 431 g/mol. The number of hydrogen-bond acceptors (Lipinski definition) is 3. The Kier molecular flexibility index (Phi) is 5.52. The van der Waals surface area contributed by atoms with E-state index in [1.54, 1.807) is 0 Å². The minimum Gasteiger partial charge on any atom is -0.308 e. The molecule has 0 spiro atoms. The number of carbonyl (C=O) groups excluding carboxylic acids is 1. The molecule has 0 aliphatic heterocycles. The van der Waals surface area contributed by atoms with Gasteiger partial charge in [-0.1, -0.05) is 78.4 Å². The summed E-state index contributed by atoms with van der Waals surface area (Å²) in [5.74, 6) is 0. The summed E-state index contributed by atoms with van der Waals surface area (Å²) < 4.78 is 0. The number of aryl methyl sites for hydroxylation is 1. The molecule has 0 radical (unpaired) electrons. The molecule has 0 saturated carbocycles. The lowest BCUT2D eigenvalue weighted by Crippen LogP contribution is -2.19. The number of rotatable bonds is 4. The highest BCUT2D eigenvalue weighted by atomic mass is 16.2. The van der Waals surface area contributed by atoms with Gasteiger partial charge in [0, 0.05) is 22.5 Å². The third kappa shape index (κ3) is 4.57. The third-order valence-corrected chi connectivity index (χ3v) is 5.33. The molecule has 5 heteroatoms.